The number of carbonyl (C=O) groups excluding carboxylic acids is 1. The molecule has 1 amide bonds. The van der Waals surface area contributed by atoms with E-state index >= 15 is 0 Å². The van der Waals surface area contributed by atoms with Gasteiger partial charge in [0.25, 0.3) is 0 Å². The van der Waals surface area contributed by atoms with E-state index < -0.39 is 0 Å². The lowest BCUT2D eigenvalue weighted by atomic mass is 9.90. The molecule has 2 rings (SSSR count). The molecule has 4 nitrogen and oxygen atoms in total. The van der Waals surface area contributed by atoms with Crippen LogP contribution in [0.15, 0.2) is 0 Å². The molecule has 2 heterocycles. The Morgan fingerprint density at radius 3 is 2.56 bits per heavy atom. The SMILES string of the molecule is CC1NCCCC1C(=O)N1CCN(C)CC1. The average Bonchev–Trinajstić information content (AvgIpc) is 2.30. The van der Waals surface area contributed by atoms with Crippen LogP contribution in [0.5, 0.6) is 0 Å². The molecular formula is C12H23N3O. The normalized spacial score (nSPS) is 32.8. The van der Waals surface area contributed by atoms with Crippen LogP contribution in [0, 0.1) is 5.92 Å². The van der Waals surface area contributed by atoms with Crippen molar-refractivity contribution < 1.29 is 4.79 Å². The fourth-order valence-electron chi connectivity index (χ4n) is 2.64. The molecule has 2 aliphatic heterocycles. The van der Waals surface area contributed by atoms with Gasteiger partial charge >= 0.3 is 0 Å². The lowest BCUT2D eigenvalue weighted by molar-refractivity contribution is -0.138. The van der Waals surface area contributed by atoms with E-state index in [1.54, 1.807) is 0 Å². The summed E-state index contributed by atoms with van der Waals surface area (Å²) in [6.07, 6.45) is 2.19. The highest BCUT2D eigenvalue weighted by Crippen LogP contribution is 2.19. The minimum Gasteiger partial charge on any atom is -0.340 e. The van der Waals surface area contributed by atoms with Gasteiger partial charge in [0.15, 0.2) is 0 Å². The van der Waals surface area contributed by atoms with Crippen molar-refractivity contribution in [3.63, 3.8) is 0 Å². The molecule has 2 unspecified atom stereocenters. The van der Waals surface area contributed by atoms with Crippen molar-refractivity contribution in [1.82, 2.24) is 15.1 Å². The summed E-state index contributed by atoms with van der Waals surface area (Å²) in [5.74, 6) is 0.574. The lowest BCUT2D eigenvalue weighted by Gasteiger charge is -2.37. The summed E-state index contributed by atoms with van der Waals surface area (Å²) in [6.45, 7) is 7.03. The fraction of sp³-hybridized carbons (Fsp3) is 0.917. The van der Waals surface area contributed by atoms with Gasteiger partial charge in [-0.15, -0.1) is 0 Å². The molecule has 0 aromatic rings. The number of carbonyl (C=O) groups is 1. The highest BCUT2D eigenvalue weighted by Gasteiger charge is 2.31. The Balaban J connectivity index is 1.90. The summed E-state index contributed by atoms with van der Waals surface area (Å²) in [6, 6.07) is 0.348. The average molecular weight is 225 g/mol. The third-order valence-electron chi connectivity index (χ3n) is 3.89. The van der Waals surface area contributed by atoms with Crippen LogP contribution in [-0.2, 0) is 4.79 Å². The minimum absolute atomic E-state index is 0.206. The molecule has 0 aromatic heterocycles. The van der Waals surface area contributed by atoms with Crippen molar-refractivity contribution in [2.45, 2.75) is 25.8 Å². The van der Waals surface area contributed by atoms with E-state index in [4.69, 9.17) is 0 Å². The van der Waals surface area contributed by atoms with E-state index in [1.807, 2.05) is 4.90 Å². The Kier molecular flexibility index (Phi) is 3.82. The van der Waals surface area contributed by atoms with Gasteiger partial charge in [0, 0.05) is 32.2 Å². The maximum atomic E-state index is 12.3. The van der Waals surface area contributed by atoms with E-state index in [9.17, 15) is 4.79 Å². The predicted octanol–water partition coefficient (Wildman–Crippen LogP) is 0.149. The van der Waals surface area contributed by atoms with Gasteiger partial charge in [-0.1, -0.05) is 0 Å². The second-order valence-corrected chi connectivity index (χ2v) is 5.12. The summed E-state index contributed by atoms with van der Waals surface area (Å²) in [4.78, 5) is 16.7. The number of nitrogens with one attached hydrogen (secondary N) is 1. The highest BCUT2D eigenvalue weighted by atomic mass is 16.2. The molecule has 2 fully saturated rings. The van der Waals surface area contributed by atoms with Crippen LogP contribution < -0.4 is 5.32 Å². The van der Waals surface area contributed by atoms with Gasteiger partial charge in [-0.2, -0.15) is 0 Å². The van der Waals surface area contributed by atoms with E-state index in [0.717, 1.165) is 45.6 Å². The van der Waals surface area contributed by atoms with Gasteiger partial charge in [-0.05, 0) is 33.4 Å². The quantitative estimate of drug-likeness (QED) is 0.690. The zero-order chi connectivity index (χ0) is 11.5. The number of hydrogen-bond acceptors (Lipinski definition) is 3. The van der Waals surface area contributed by atoms with Gasteiger partial charge < -0.3 is 15.1 Å². The Bertz CT molecular complexity index is 249. The van der Waals surface area contributed by atoms with Gasteiger partial charge in [-0.3, -0.25) is 4.79 Å². The molecule has 0 saturated carbocycles. The van der Waals surface area contributed by atoms with Gasteiger partial charge in [0.1, 0.15) is 0 Å². The van der Waals surface area contributed by atoms with Crippen LogP contribution >= 0.6 is 0 Å². The fourth-order valence-corrected chi connectivity index (χ4v) is 2.64. The van der Waals surface area contributed by atoms with Crippen molar-refractivity contribution in [3.8, 4) is 0 Å². The maximum absolute atomic E-state index is 12.3. The van der Waals surface area contributed by atoms with Crippen molar-refractivity contribution in [2.24, 2.45) is 5.92 Å². The Hall–Kier alpha value is -0.610. The second kappa shape index (κ2) is 5.15. The third kappa shape index (κ3) is 2.55. The number of amides is 1. The van der Waals surface area contributed by atoms with Gasteiger partial charge in [0.05, 0.1) is 5.92 Å². The monoisotopic (exact) mass is 225 g/mol. The molecule has 2 aliphatic rings. The number of likely N-dealkylation sites (N-methyl/N-ethyl adjacent to an activating group) is 1. The van der Waals surface area contributed by atoms with Crippen molar-refractivity contribution in [3.05, 3.63) is 0 Å². The molecular weight excluding hydrogens is 202 g/mol. The first-order valence-electron chi connectivity index (χ1n) is 6.39. The summed E-state index contributed by atoms with van der Waals surface area (Å²) < 4.78 is 0. The van der Waals surface area contributed by atoms with E-state index in [2.05, 4.69) is 24.2 Å². The first-order chi connectivity index (χ1) is 7.68. The van der Waals surface area contributed by atoms with Crippen molar-refractivity contribution >= 4 is 5.91 Å². The molecule has 0 aromatic carbocycles. The van der Waals surface area contributed by atoms with Gasteiger partial charge in [0.2, 0.25) is 5.91 Å². The summed E-state index contributed by atoms with van der Waals surface area (Å²) in [5, 5.41) is 3.40. The van der Waals surface area contributed by atoms with E-state index in [-0.39, 0.29) is 5.92 Å². The Morgan fingerprint density at radius 1 is 1.25 bits per heavy atom. The third-order valence-corrected chi connectivity index (χ3v) is 3.89. The molecule has 1 N–H and O–H groups in total. The largest absolute Gasteiger partial charge is 0.340 e. The maximum Gasteiger partial charge on any atom is 0.227 e. The Morgan fingerprint density at radius 2 is 1.94 bits per heavy atom. The zero-order valence-corrected chi connectivity index (χ0v) is 10.4. The molecule has 92 valence electrons. The number of piperidine rings is 1. The molecule has 16 heavy (non-hydrogen) atoms. The second-order valence-electron chi connectivity index (χ2n) is 5.12. The molecule has 0 radical (unpaired) electrons. The molecule has 0 bridgehead atoms. The summed E-state index contributed by atoms with van der Waals surface area (Å²) in [7, 11) is 2.12. The number of rotatable bonds is 1. The molecule has 0 aliphatic carbocycles. The van der Waals surface area contributed by atoms with Crippen molar-refractivity contribution in [1.29, 1.82) is 0 Å². The van der Waals surface area contributed by atoms with Gasteiger partial charge in [-0.25, -0.2) is 0 Å². The molecule has 2 atom stereocenters. The van der Waals surface area contributed by atoms with Crippen LogP contribution in [-0.4, -0.2) is 61.5 Å². The topological polar surface area (TPSA) is 35.6 Å². The summed E-state index contributed by atoms with van der Waals surface area (Å²) in [5.41, 5.74) is 0. The van der Waals surface area contributed by atoms with E-state index in [0.29, 0.717) is 11.9 Å². The molecule has 0 spiro atoms. The number of nitrogens with zero attached hydrogens (tertiary/aromatic N) is 2. The summed E-state index contributed by atoms with van der Waals surface area (Å²) >= 11 is 0. The highest BCUT2D eigenvalue weighted by molar-refractivity contribution is 5.79. The minimum atomic E-state index is 0.206. The van der Waals surface area contributed by atoms with Crippen LogP contribution in [0.25, 0.3) is 0 Å². The van der Waals surface area contributed by atoms with E-state index in [1.165, 1.54) is 0 Å². The number of hydrogen-bond donors (Lipinski definition) is 1. The first kappa shape index (κ1) is 11.9. The number of piperazine rings is 1. The smallest absolute Gasteiger partial charge is 0.227 e. The van der Waals surface area contributed by atoms with Crippen LogP contribution in [0.1, 0.15) is 19.8 Å². The lowest BCUT2D eigenvalue weighted by Crippen LogP contribution is -2.53. The van der Waals surface area contributed by atoms with Crippen molar-refractivity contribution in [2.75, 3.05) is 39.8 Å². The zero-order valence-electron chi connectivity index (χ0n) is 10.4. The molecule has 2 saturated heterocycles. The standard InChI is InChI=1S/C12H23N3O/c1-10-11(4-3-5-13-10)12(16)15-8-6-14(2)7-9-15/h10-11,13H,3-9H2,1-2H3. The predicted molar refractivity (Wildman–Crippen MR) is 64.3 cm³/mol. The van der Waals surface area contributed by atoms with Crippen LogP contribution in [0.4, 0.5) is 0 Å². The van der Waals surface area contributed by atoms with Crippen LogP contribution in [0.2, 0.25) is 0 Å². The first-order valence-corrected chi connectivity index (χ1v) is 6.39. The molecule has 4 heteroatoms. The van der Waals surface area contributed by atoms with Crippen LogP contribution in [0.3, 0.4) is 0 Å². The Labute approximate surface area is 98.0 Å².